The lowest BCUT2D eigenvalue weighted by atomic mass is 10.0. The van der Waals surface area contributed by atoms with E-state index in [0.717, 1.165) is 0 Å². The summed E-state index contributed by atoms with van der Waals surface area (Å²) in [5.74, 6) is -0.634. The van der Waals surface area contributed by atoms with E-state index >= 15 is 0 Å². The summed E-state index contributed by atoms with van der Waals surface area (Å²) >= 11 is 0. The van der Waals surface area contributed by atoms with Crippen molar-refractivity contribution in [3.05, 3.63) is 0 Å². The van der Waals surface area contributed by atoms with Crippen LogP contribution in [0.2, 0.25) is 0 Å². The van der Waals surface area contributed by atoms with E-state index < -0.39 is 24.0 Å². The van der Waals surface area contributed by atoms with E-state index in [0.29, 0.717) is 0 Å². The fourth-order valence-corrected chi connectivity index (χ4v) is 2.45. The first-order chi connectivity index (χ1) is 8.37. The van der Waals surface area contributed by atoms with Gasteiger partial charge in [-0.05, 0) is 6.92 Å². The van der Waals surface area contributed by atoms with Crippen molar-refractivity contribution in [3.8, 4) is 0 Å². The molecule has 0 radical (unpaired) electrons. The van der Waals surface area contributed by atoms with Crippen LogP contribution in [0.15, 0.2) is 0 Å². The molecule has 0 aromatic carbocycles. The van der Waals surface area contributed by atoms with Gasteiger partial charge in [0.15, 0.2) is 0 Å². The summed E-state index contributed by atoms with van der Waals surface area (Å²) in [6.45, 7) is 3.33. The second kappa shape index (κ2) is 4.49. The molecule has 2 heterocycles. The van der Waals surface area contributed by atoms with E-state index in [1.54, 1.807) is 13.8 Å². The minimum absolute atomic E-state index is 0.215. The Bertz CT molecular complexity index is 374. The van der Waals surface area contributed by atoms with Gasteiger partial charge in [-0.25, -0.2) is 4.79 Å². The number of carbonyl (C=O) groups excluding carboxylic acids is 2. The highest BCUT2D eigenvalue weighted by Gasteiger charge is 2.50. The van der Waals surface area contributed by atoms with Crippen LogP contribution in [-0.4, -0.2) is 58.1 Å². The Kier molecular flexibility index (Phi) is 3.31. The molecule has 2 fully saturated rings. The van der Waals surface area contributed by atoms with Crippen molar-refractivity contribution < 1.29 is 24.5 Å². The van der Waals surface area contributed by atoms with E-state index in [1.165, 1.54) is 4.90 Å². The molecule has 0 saturated carbocycles. The SMILES string of the molecule is CC1CN([C@@]2(C)C[C@H](O)[C@@H](CO)O2)C(=O)NC1=O. The van der Waals surface area contributed by atoms with E-state index in [9.17, 15) is 14.7 Å². The molecular weight excluding hydrogens is 240 g/mol. The van der Waals surface area contributed by atoms with Crippen LogP contribution in [0.3, 0.4) is 0 Å². The number of urea groups is 1. The number of nitrogens with zero attached hydrogens (tertiary/aromatic N) is 1. The summed E-state index contributed by atoms with van der Waals surface area (Å²) in [6, 6.07) is -0.522. The first-order valence-electron chi connectivity index (χ1n) is 5.96. The average molecular weight is 258 g/mol. The maximum atomic E-state index is 11.8. The number of rotatable bonds is 2. The molecule has 3 N–H and O–H groups in total. The normalized spacial score (nSPS) is 41.1. The molecule has 7 nitrogen and oxygen atoms in total. The number of nitrogens with one attached hydrogen (secondary N) is 1. The zero-order chi connectivity index (χ0) is 13.5. The van der Waals surface area contributed by atoms with Gasteiger partial charge in [0.25, 0.3) is 0 Å². The first kappa shape index (κ1) is 13.3. The van der Waals surface area contributed by atoms with Gasteiger partial charge in [0.1, 0.15) is 11.8 Å². The Morgan fingerprint density at radius 2 is 2.22 bits per heavy atom. The van der Waals surface area contributed by atoms with Crippen LogP contribution in [0.1, 0.15) is 20.3 Å². The van der Waals surface area contributed by atoms with Crippen LogP contribution in [-0.2, 0) is 9.53 Å². The Hall–Kier alpha value is -1.18. The summed E-state index contributed by atoms with van der Waals surface area (Å²) in [4.78, 5) is 24.6. The number of aliphatic hydroxyl groups excluding tert-OH is 2. The number of hydrogen-bond donors (Lipinski definition) is 3. The number of carbonyl (C=O) groups is 2. The molecule has 3 amide bonds. The topological polar surface area (TPSA) is 99.1 Å². The maximum Gasteiger partial charge on any atom is 0.326 e. The number of hydrogen-bond acceptors (Lipinski definition) is 5. The van der Waals surface area contributed by atoms with Gasteiger partial charge in [0, 0.05) is 13.0 Å². The predicted octanol–water partition coefficient (Wildman–Crippen LogP) is -0.967. The number of aliphatic hydroxyl groups is 2. The molecule has 2 rings (SSSR count). The summed E-state index contributed by atoms with van der Waals surface area (Å²) in [5.41, 5.74) is -0.994. The smallest absolute Gasteiger partial charge is 0.326 e. The van der Waals surface area contributed by atoms with Gasteiger partial charge in [-0.2, -0.15) is 0 Å². The Morgan fingerprint density at radius 1 is 1.56 bits per heavy atom. The zero-order valence-electron chi connectivity index (χ0n) is 10.4. The molecule has 1 unspecified atom stereocenters. The van der Waals surface area contributed by atoms with Crippen LogP contribution in [0, 0.1) is 5.92 Å². The minimum Gasteiger partial charge on any atom is -0.394 e. The van der Waals surface area contributed by atoms with Gasteiger partial charge in [-0.15, -0.1) is 0 Å². The molecule has 2 saturated heterocycles. The Morgan fingerprint density at radius 3 is 2.78 bits per heavy atom. The van der Waals surface area contributed by atoms with Gasteiger partial charge < -0.3 is 14.9 Å². The van der Waals surface area contributed by atoms with E-state index in [-0.39, 0.29) is 31.4 Å². The van der Waals surface area contributed by atoms with Gasteiger partial charge in [0.05, 0.1) is 18.6 Å². The van der Waals surface area contributed by atoms with E-state index in [1.807, 2.05) is 0 Å². The Balaban J connectivity index is 2.16. The standard InChI is InChI=1S/C11H18N2O5/c1-6-4-13(10(17)12-9(6)16)11(2)3-7(15)8(5-14)18-11/h6-8,14-15H,3-5H2,1-2H3,(H,12,16,17)/t6?,7-,8+,11+/m0/s1. The number of imide groups is 1. The molecule has 7 heteroatoms. The number of amides is 3. The third-order valence-electron chi connectivity index (χ3n) is 3.55. The first-order valence-corrected chi connectivity index (χ1v) is 5.96. The van der Waals surface area contributed by atoms with Gasteiger partial charge in [-0.3, -0.25) is 15.0 Å². The molecule has 0 bridgehead atoms. The maximum absolute atomic E-state index is 11.8. The quantitative estimate of drug-likeness (QED) is 0.592. The second-order valence-electron chi connectivity index (χ2n) is 5.09. The lowest BCUT2D eigenvalue weighted by molar-refractivity contribution is -0.144. The fourth-order valence-electron chi connectivity index (χ4n) is 2.45. The highest BCUT2D eigenvalue weighted by molar-refractivity contribution is 5.98. The number of ether oxygens (including phenoxy) is 1. The average Bonchev–Trinajstić information content (AvgIpc) is 2.59. The Labute approximate surface area is 105 Å². The third kappa shape index (κ3) is 2.09. The molecule has 0 aromatic rings. The van der Waals surface area contributed by atoms with Crippen molar-refractivity contribution >= 4 is 11.9 Å². The summed E-state index contributed by atoms with van der Waals surface area (Å²) in [7, 11) is 0. The van der Waals surface area contributed by atoms with Crippen LogP contribution in [0.25, 0.3) is 0 Å². The molecule has 2 aliphatic rings. The molecule has 0 spiro atoms. The van der Waals surface area contributed by atoms with Gasteiger partial charge >= 0.3 is 6.03 Å². The van der Waals surface area contributed by atoms with Crippen molar-refractivity contribution in [1.29, 1.82) is 0 Å². The molecule has 4 atom stereocenters. The van der Waals surface area contributed by atoms with Crippen molar-refractivity contribution in [2.75, 3.05) is 13.2 Å². The van der Waals surface area contributed by atoms with Gasteiger partial charge in [0.2, 0.25) is 5.91 Å². The van der Waals surface area contributed by atoms with Gasteiger partial charge in [-0.1, -0.05) is 6.92 Å². The minimum atomic E-state index is -0.994. The summed E-state index contributed by atoms with van der Waals surface area (Å²) in [5, 5.41) is 21.1. The van der Waals surface area contributed by atoms with Crippen LogP contribution in [0.4, 0.5) is 4.79 Å². The van der Waals surface area contributed by atoms with Crippen molar-refractivity contribution in [2.45, 2.75) is 38.2 Å². The van der Waals surface area contributed by atoms with E-state index in [2.05, 4.69) is 5.32 Å². The summed E-state index contributed by atoms with van der Waals surface area (Å²) < 4.78 is 5.56. The largest absolute Gasteiger partial charge is 0.394 e. The monoisotopic (exact) mass is 258 g/mol. The molecule has 0 aliphatic carbocycles. The molecular formula is C11H18N2O5. The highest BCUT2D eigenvalue weighted by atomic mass is 16.6. The van der Waals surface area contributed by atoms with E-state index in [4.69, 9.17) is 9.84 Å². The zero-order valence-corrected chi connectivity index (χ0v) is 10.4. The lowest BCUT2D eigenvalue weighted by Crippen LogP contribution is -2.61. The van der Waals surface area contributed by atoms with Crippen LogP contribution in [0.5, 0.6) is 0 Å². The van der Waals surface area contributed by atoms with Crippen molar-refractivity contribution in [2.24, 2.45) is 5.92 Å². The summed E-state index contributed by atoms with van der Waals surface area (Å²) in [6.07, 6.45) is -1.30. The highest BCUT2D eigenvalue weighted by Crippen LogP contribution is 2.35. The molecule has 102 valence electrons. The van der Waals surface area contributed by atoms with Crippen molar-refractivity contribution in [1.82, 2.24) is 10.2 Å². The second-order valence-corrected chi connectivity index (χ2v) is 5.09. The van der Waals surface area contributed by atoms with Crippen LogP contribution < -0.4 is 5.32 Å². The molecule has 0 aromatic heterocycles. The lowest BCUT2D eigenvalue weighted by Gasteiger charge is -2.41. The third-order valence-corrected chi connectivity index (χ3v) is 3.55. The predicted molar refractivity (Wildman–Crippen MR) is 60.4 cm³/mol. The molecule has 2 aliphatic heterocycles. The fraction of sp³-hybridized carbons (Fsp3) is 0.818. The van der Waals surface area contributed by atoms with Crippen LogP contribution >= 0.6 is 0 Å². The molecule has 18 heavy (non-hydrogen) atoms. The van der Waals surface area contributed by atoms with Crippen molar-refractivity contribution in [3.63, 3.8) is 0 Å².